The highest BCUT2D eigenvalue weighted by Crippen LogP contribution is 2.24. The third-order valence-corrected chi connectivity index (χ3v) is 1.63. The van der Waals surface area contributed by atoms with Crippen molar-refractivity contribution in [1.29, 1.82) is 0 Å². The predicted molar refractivity (Wildman–Crippen MR) is 48.3 cm³/mol. The Morgan fingerprint density at radius 2 is 2.21 bits per heavy atom. The Labute approximate surface area is 86.6 Å². The summed E-state index contributed by atoms with van der Waals surface area (Å²) in [4.78, 5) is 3.75. The molecule has 0 aliphatic heterocycles. The number of pyridine rings is 1. The number of halogens is 4. The summed E-state index contributed by atoms with van der Waals surface area (Å²) in [6, 6.07) is 2.88. The molecule has 0 atom stereocenters. The number of nitrogens with one attached hydrogen (secondary N) is 1. The normalized spacial score (nSPS) is 11.1. The van der Waals surface area contributed by atoms with Gasteiger partial charge in [-0.15, -0.1) is 0 Å². The topological polar surface area (TPSA) is 34.1 Å². The van der Waals surface area contributed by atoms with E-state index in [1.54, 1.807) is 0 Å². The highest BCUT2D eigenvalue weighted by atomic mass is 79.9. The summed E-state index contributed by atoms with van der Waals surface area (Å²) in [5, 5.41) is 0. The van der Waals surface area contributed by atoms with Crippen molar-refractivity contribution in [2.75, 3.05) is 10.9 Å². The van der Waals surface area contributed by atoms with Gasteiger partial charge in [-0.1, -0.05) is 0 Å². The van der Waals surface area contributed by atoms with Crippen LogP contribution in [0.25, 0.3) is 0 Å². The lowest BCUT2D eigenvalue weighted by Gasteiger charge is -2.10. The third kappa shape index (κ3) is 3.41. The Morgan fingerprint density at radius 3 is 2.79 bits per heavy atom. The Kier molecular flexibility index (Phi) is 3.56. The van der Waals surface area contributed by atoms with Gasteiger partial charge in [-0.3, -0.25) is 0 Å². The zero-order valence-corrected chi connectivity index (χ0v) is 8.39. The van der Waals surface area contributed by atoms with Gasteiger partial charge in [0.15, 0.2) is 18.2 Å². The number of aromatic nitrogens is 1. The Bertz CT molecular complexity index is 305. The molecule has 0 saturated carbocycles. The van der Waals surface area contributed by atoms with E-state index in [0.717, 1.165) is 0 Å². The highest BCUT2D eigenvalue weighted by molar-refractivity contribution is 9.10. The van der Waals surface area contributed by atoms with E-state index >= 15 is 0 Å². The second-order valence-corrected chi connectivity index (χ2v) is 2.74. The van der Waals surface area contributed by atoms with Crippen molar-refractivity contribution in [3.05, 3.63) is 18.3 Å². The zero-order chi connectivity index (χ0) is 10.6. The van der Waals surface area contributed by atoms with Gasteiger partial charge < -0.3 is 9.08 Å². The van der Waals surface area contributed by atoms with Gasteiger partial charge in [-0.25, -0.2) is 4.98 Å². The molecule has 1 N–H and O–H groups in total. The van der Waals surface area contributed by atoms with Crippen LogP contribution >= 0.6 is 16.1 Å². The van der Waals surface area contributed by atoms with Crippen molar-refractivity contribution in [3.8, 4) is 5.75 Å². The maximum Gasteiger partial charge on any atom is 0.422 e. The van der Waals surface area contributed by atoms with Crippen LogP contribution in [0.3, 0.4) is 0 Å². The molecule has 0 radical (unpaired) electrons. The summed E-state index contributed by atoms with van der Waals surface area (Å²) < 4.78 is 42.4. The van der Waals surface area contributed by atoms with Crippen LogP contribution in [0.15, 0.2) is 18.3 Å². The van der Waals surface area contributed by atoms with Crippen molar-refractivity contribution in [2.45, 2.75) is 6.18 Å². The Hall–Kier alpha value is -0.980. The van der Waals surface area contributed by atoms with Gasteiger partial charge in [0, 0.05) is 22.3 Å². The molecule has 1 aromatic heterocycles. The van der Waals surface area contributed by atoms with Crippen LogP contribution in [-0.4, -0.2) is 17.8 Å². The van der Waals surface area contributed by atoms with Crippen LogP contribution < -0.4 is 9.08 Å². The largest absolute Gasteiger partial charge is 0.480 e. The lowest BCUT2D eigenvalue weighted by atomic mass is 10.4. The molecule has 1 rings (SSSR count). The third-order valence-electron chi connectivity index (χ3n) is 1.25. The molecule has 1 heterocycles. The Morgan fingerprint density at radius 1 is 1.50 bits per heavy atom. The highest BCUT2D eigenvalue weighted by Gasteiger charge is 2.28. The quantitative estimate of drug-likeness (QED) is 0.858. The van der Waals surface area contributed by atoms with Crippen molar-refractivity contribution < 1.29 is 17.9 Å². The number of nitrogens with zero attached hydrogens (tertiary/aromatic N) is 1. The lowest BCUT2D eigenvalue weighted by Crippen LogP contribution is -2.19. The van der Waals surface area contributed by atoms with E-state index in [0.29, 0.717) is 0 Å². The molecular formula is C7H6BrF3N2O. The van der Waals surface area contributed by atoms with Gasteiger partial charge in [-0.05, 0) is 12.1 Å². The molecule has 3 nitrogen and oxygen atoms in total. The summed E-state index contributed by atoms with van der Waals surface area (Å²) >= 11 is 2.86. The number of alkyl halides is 3. The first-order valence-corrected chi connectivity index (χ1v) is 4.33. The second kappa shape index (κ2) is 4.50. The summed E-state index contributed by atoms with van der Waals surface area (Å²) in [5.74, 6) is 0.249. The minimum atomic E-state index is -4.35. The van der Waals surface area contributed by atoms with Gasteiger partial charge in [0.1, 0.15) is 0 Å². The lowest BCUT2D eigenvalue weighted by molar-refractivity contribution is -0.153. The first-order valence-electron chi connectivity index (χ1n) is 3.54. The molecule has 0 aliphatic carbocycles. The molecule has 0 spiro atoms. The average molecular weight is 271 g/mol. The van der Waals surface area contributed by atoms with Crippen LogP contribution in [0.4, 0.5) is 19.0 Å². The van der Waals surface area contributed by atoms with E-state index in [9.17, 15) is 13.2 Å². The fraction of sp³-hybridized carbons (Fsp3) is 0.286. The van der Waals surface area contributed by atoms with Crippen LogP contribution in [-0.2, 0) is 0 Å². The predicted octanol–water partition coefficient (Wildman–Crippen LogP) is 2.74. The number of anilines is 1. The van der Waals surface area contributed by atoms with E-state index in [2.05, 4.69) is 30.2 Å². The van der Waals surface area contributed by atoms with E-state index in [4.69, 9.17) is 0 Å². The fourth-order valence-electron chi connectivity index (χ4n) is 0.738. The second-order valence-electron chi connectivity index (χ2n) is 2.35. The van der Waals surface area contributed by atoms with Crippen LogP contribution in [0.5, 0.6) is 5.75 Å². The van der Waals surface area contributed by atoms with Gasteiger partial charge in [0.25, 0.3) is 0 Å². The van der Waals surface area contributed by atoms with Crippen molar-refractivity contribution in [2.24, 2.45) is 0 Å². The molecule has 78 valence electrons. The summed E-state index contributed by atoms with van der Waals surface area (Å²) in [7, 11) is 0. The number of rotatable bonds is 3. The van der Waals surface area contributed by atoms with E-state index < -0.39 is 12.8 Å². The smallest absolute Gasteiger partial charge is 0.422 e. The molecule has 0 aliphatic rings. The molecule has 0 unspecified atom stereocenters. The zero-order valence-electron chi connectivity index (χ0n) is 6.81. The van der Waals surface area contributed by atoms with Gasteiger partial charge in [0.05, 0.1) is 0 Å². The Balaban J connectivity index is 2.67. The summed E-state index contributed by atoms with van der Waals surface area (Å²) in [5.41, 5.74) is 0. The molecule has 14 heavy (non-hydrogen) atoms. The van der Waals surface area contributed by atoms with E-state index in [-0.39, 0.29) is 11.6 Å². The van der Waals surface area contributed by atoms with Crippen LogP contribution in [0.1, 0.15) is 0 Å². The monoisotopic (exact) mass is 270 g/mol. The summed E-state index contributed by atoms with van der Waals surface area (Å²) in [6.07, 6.45) is -2.91. The number of ether oxygens (including phenoxy) is 1. The van der Waals surface area contributed by atoms with Crippen LogP contribution in [0, 0.1) is 0 Å². The molecular weight excluding hydrogens is 265 g/mol. The van der Waals surface area contributed by atoms with E-state index in [1.165, 1.54) is 18.3 Å². The average Bonchev–Trinajstić information content (AvgIpc) is 2.14. The van der Waals surface area contributed by atoms with E-state index in [1.807, 2.05) is 0 Å². The summed E-state index contributed by atoms with van der Waals surface area (Å²) in [6.45, 7) is -1.33. The maximum atomic E-state index is 11.8. The molecule has 0 amide bonds. The minimum absolute atomic E-state index is 0.0432. The molecule has 0 aromatic carbocycles. The molecule has 0 saturated heterocycles. The van der Waals surface area contributed by atoms with Crippen molar-refractivity contribution in [3.63, 3.8) is 0 Å². The maximum absolute atomic E-state index is 11.8. The van der Waals surface area contributed by atoms with Crippen molar-refractivity contribution in [1.82, 2.24) is 4.98 Å². The molecule has 1 aromatic rings. The van der Waals surface area contributed by atoms with Gasteiger partial charge >= 0.3 is 6.18 Å². The minimum Gasteiger partial charge on any atom is -0.480 e. The molecule has 0 bridgehead atoms. The standard InChI is InChI=1S/C7H6BrF3N2O/c8-13-6-5(2-1-3-12-6)14-4-7(9,10)11/h1-3H,4H2,(H,12,13). The van der Waals surface area contributed by atoms with Gasteiger partial charge in [-0.2, -0.15) is 13.2 Å². The van der Waals surface area contributed by atoms with Crippen LogP contribution in [0.2, 0.25) is 0 Å². The number of hydrogen-bond donors (Lipinski definition) is 1. The molecule has 0 fully saturated rings. The SMILES string of the molecule is FC(F)(F)COc1cccnc1NBr. The fourth-order valence-corrected chi connectivity index (χ4v) is 1.04. The van der Waals surface area contributed by atoms with Crippen molar-refractivity contribution >= 4 is 22.0 Å². The molecule has 7 heteroatoms. The first kappa shape index (κ1) is 11.1. The first-order chi connectivity index (χ1) is 6.53. The number of hydrogen-bond acceptors (Lipinski definition) is 3. The van der Waals surface area contributed by atoms with Gasteiger partial charge in [0.2, 0.25) is 0 Å².